The van der Waals surface area contributed by atoms with Crippen LogP contribution in [0.1, 0.15) is 31.2 Å². The molecule has 4 rings (SSSR count). The second-order valence-electron chi connectivity index (χ2n) is 8.01. The lowest BCUT2D eigenvalue weighted by Crippen LogP contribution is -2.49. The largest absolute Gasteiger partial charge is 0.361 e. The first-order valence-electron chi connectivity index (χ1n) is 10.6. The summed E-state index contributed by atoms with van der Waals surface area (Å²) < 4.78 is 0. The highest BCUT2D eigenvalue weighted by molar-refractivity contribution is 5.88. The maximum atomic E-state index is 12.7. The molecule has 27 heavy (non-hydrogen) atoms. The number of aromatic nitrogens is 1. The minimum atomic E-state index is 0.257. The van der Waals surface area contributed by atoms with Gasteiger partial charge in [-0.1, -0.05) is 24.6 Å². The van der Waals surface area contributed by atoms with E-state index in [2.05, 4.69) is 26.9 Å². The third-order valence-electron chi connectivity index (χ3n) is 6.14. The second-order valence-corrected chi connectivity index (χ2v) is 8.01. The molecule has 3 heterocycles. The predicted octanol–water partition coefficient (Wildman–Crippen LogP) is 2.73. The molecule has 2 aliphatic rings. The van der Waals surface area contributed by atoms with Gasteiger partial charge >= 0.3 is 0 Å². The van der Waals surface area contributed by atoms with Gasteiger partial charge in [0.05, 0.1) is 6.42 Å². The van der Waals surface area contributed by atoms with Crippen molar-refractivity contribution in [3.63, 3.8) is 0 Å². The molecule has 146 valence electrons. The standard InChI is InChI=1S/C22H32N4O/c27-22(17-19-18-23-21-8-3-2-7-20(19)21)26-15-13-25(14-16-26)12-6-11-24-9-4-1-5-10-24/h2-3,7-8,18,23H,1,4-6,9-17H2. The summed E-state index contributed by atoms with van der Waals surface area (Å²) in [6, 6.07) is 8.21. The highest BCUT2D eigenvalue weighted by Crippen LogP contribution is 2.19. The number of amides is 1. The first-order chi connectivity index (χ1) is 13.3. The average molecular weight is 369 g/mol. The van der Waals surface area contributed by atoms with E-state index in [1.165, 1.54) is 57.2 Å². The summed E-state index contributed by atoms with van der Waals surface area (Å²) in [5, 5.41) is 1.17. The van der Waals surface area contributed by atoms with Crippen molar-refractivity contribution in [2.75, 3.05) is 52.4 Å². The van der Waals surface area contributed by atoms with Crippen molar-refractivity contribution in [1.82, 2.24) is 19.7 Å². The number of carbonyl (C=O) groups excluding carboxylic acids is 1. The molecular formula is C22H32N4O. The Bertz CT molecular complexity index is 742. The minimum Gasteiger partial charge on any atom is -0.361 e. The molecule has 1 N–H and O–H groups in total. The molecule has 1 amide bonds. The third-order valence-corrected chi connectivity index (χ3v) is 6.14. The van der Waals surface area contributed by atoms with Crippen molar-refractivity contribution in [3.8, 4) is 0 Å². The number of para-hydroxylation sites is 1. The molecule has 0 unspecified atom stereocenters. The molecule has 2 saturated heterocycles. The van der Waals surface area contributed by atoms with E-state index < -0.39 is 0 Å². The number of likely N-dealkylation sites (tertiary alicyclic amines) is 1. The van der Waals surface area contributed by atoms with Crippen LogP contribution in [0, 0.1) is 0 Å². The van der Waals surface area contributed by atoms with E-state index in [4.69, 9.17) is 0 Å². The molecule has 0 spiro atoms. The quantitative estimate of drug-likeness (QED) is 0.853. The van der Waals surface area contributed by atoms with Crippen LogP contribution in [-0.2, 0) is 11.2 Å². The number of fused-ring (bicyclic) bond motifs is 1. The lowest BCUT2D eigenvalue weighted by molar-refractivity contribution is -0.132. The predicted molar refractivity (Wildman–Crippen MR) is 110 cm³/mol. The van der Waals surface area contributed by atoms with Crippen molar-refractivity contribution in [2.45, 2.75) is 32.1 Å². The molecule has 5 nitrogen and oxygen atoms in total. The topological polar surface area (TPSA) is 42.6 Å². The van der Waals surface area contributed by atoms with Gasteiger partial charge in [0.15, 0.2) is 0 Å². The number of piperazine rings is 1. The fraction of sp³-hybridized carbons (Fsp3) is 0.591. The van der Waals surface area contributed by atoms with E-state index in [1.807, 2.05) is 23.2 Å². The van der Waals surface area contributed by atoms with Crippen molar-refractivity contribution in [1.29, 1.82) is 0 Å². The summed E-state index contributed by atoms with van der Waals surface area (Å²) in [4.78, 5) is 23.2. The Morgan fingerprint density at radius 3 is 2.37 bits per heavy atom. The van der Waals surface area contributed by atoms with Gasteiger partial charge < -0.3 is 14.8 Å². The summed E-state index contributed by atoms with van der Waals surface area (Å²) in [5.41, 5.74) is 2.22. The van der Waals surface area contributed by atoms with Gasteiger partial charge in [0.2, 0.25) is 5.91 Å². The van der Waals surface area contributed by atoms with Gasteiger partial charge in [-0.3, -0.25) is 9.69 Å². The van der Waals surface area contributed by atoms with Crippen molar-refractivity contribution >= 4 is 16.8 Å². The van der Waals surface area contributed by atoms with Crippen LogP contribution in [0.3, 0.4) is 0 Å². The zero-order valence-corrected chi connectivity index (χ0v) is 16.3. The molecule has 0 radical (unpaired) electrons. The maximum absolute atomic E-state index is 12.7. The van der Waals surface area contributed by atoms with E-state index in [1.54, 1.807) is 0 Å². The summed E-state index contributed by atoms with van der Waals surface area (Å²) in [5.74, 6) is 0.257. The second kappa shape index (κ2) is 8.89. The number of rotatable bonds is 6. The van der Waals surface area contributed by atoms with Gasteiger partial charge in [-0.15, -0.1) is 0 Å². The van der Waals surface area contributed by atoms with Crippen LogP contribution < -0.4 is 0 Å². The first kappa shape index (κ1) is 18.5. The van der Waals surface area contributed by atoms with E-state index in [9.17, 15) is 4.79 Å². The van der Waals surface area contributed by atoms with E-state index >= 15 is 0 Å². The van der Waals surface area contributed by atoms with Gasteiger partial charge in [0.1, 0.15) is 0 Å². The number of carbonyl (C=O) groups is 1. The monoisotopic (exact) mass is 368 g/mol. The Labute approximate surface area is 162 Å². The van der Waals surface area contributed by atoms with Crippen molar-refractivity contribution in [2.24, 2.45) is 0 Å². The number of H-pyrrole nitrogens is 1. The van der Waals surface area contributed by atoms with Crippen molar-refractivity contribution < 1.29 is 4.79 Å². The lowest BCUT2D eigenvalue weighted by atomic mass is 10.1. The van der Waals surface area contributed by atoms with Crippen LogP contribution in [-0.4, -0.2) is 77.9 Å². The van der Waals surface area contributed by atoms with Crippen LogP contribution in [0.25, 0.3) is 10.9 Å². The van der Waals surface area contributed by atoms with Gasteiger partial charge in [0, 0.05) is 43.3 Å². The number of nitrogens with one attached hydrogen (secondary N) is 1. The number of piperidine rings is 1. The molecule has 0 saturated carbocycles. The molecular weight excluding hydrogens is 336 g/mol. The number of nitrogens with zero attached hydrogens (tertiary/aromatic N) is 3. The van der Waals surface area contributed by atoms with Crippen LogP contribution >= 0.6 is 0 Å². The summed E-state index contributed by atoms with van der Waals surface area (Å²) in [7, 11) is 0. The average Bonchev–Trinajstić information content (AvgIpc) is 3.12. The SMILES string of the molecule is O=C(Cc1c[nH]c2ccccc12)N1CCN(CCCN2CCCCC2)CC1. The first-order valence-corrected chi connectivity index (χ1v) is 10.6. The van der Waals surface area contributed by atoms with Gasteiger partial charge in [-0.25, -0.2) is 0 Å². The molecule has 2 fully saturated rings. The maximum Gasteiger partial charge on any atom is 0.227 e. The molecule has 1 aromatic carbocycles. The molecule has 0 aliphatic carbocycles. The lowest BCUT2D eigenvalue weighted by Gasteiger charge is -2.35. The normalized spacial score (nSPS) is 19.6. The summed E-state index contributed by atoms with van der Waals surface area (Å²) in [6.45, 7) is 8.74. The minimum absolute atomic E-state index is 0.257. The fourth-order valence-corrected chi connectivity index (χ4v) is 4.47. The van der Waals surface area contributed by atoms with E-state index in [0.29, 0.717) is 6.42 Å². The Hall–Kier alpha value is -1.85. The highest BCUT2D eigenvalue weighted by Gasteiger charge is 2.22. The Morgan fingerprint density at radius 1 is 0.889 bits per heavy atom. The smallest absolute Gasteiger partial charge is 0.227 e. The number of benzene rings is 1. The summed E-state index contributed by atoms with van der Waals surface area (Å²) >= 11 is 0. The summed E-state index contributed by atoms with van der Waals surface area (Å²) in [6.07, 6.45) is 7.89. The molecule has 0 atom stereocenters. The number of hydrogen-bond donors (Lipinski definition) is 1. The van der Waals surface area contributed by atoms with E-state index in [-0.39, 0.29) is 5.91 Å². The molecule has 2 aliphatic heterocycles. The Morgan fingerprint density at radius 2 is 1.59 bits per heavy atom. The number of hydrogen-bond acceptors (Lipinski definition) is 3. The van der Waals surface area contributed by atoms with E-state index in [0.717, 1.165) is 37.3 Å². The molecule has 2 aromatic rings. The van der Waals surface area contributed by atoms with Gasteiger partial charge in [-0.05, 0) is 57.1 Å². The molecule has 5 heteroatoms. The van der Waals surface area contributed by atoms with Crippen LogP contribution in [0.15, 0.2) is 30.5 Å². The highest BCUT2D eigenvalue weighted by atomic mass is 16.2. The zero-order chi connectivity index (χ0) is 18.5. The Kier molecular flexibility index (Phi) is 6.10. The van der Waals surface area contributed by atoms with Crippen molar-refractivity contribution in [3.05, 3.63) is 36.0 Å². The Balaban J connectivity index is 1.20. The number of aromatic amines is 1. The molecule has 0 bridgehead atoms. The van der Waals surface area contributed by atoms with Gasteiger partial charge in [0.25, 0.3) is 0 Å². The van der Waals surface area contributed by atoms with Gasteiger partial charge in [-0.2, -0.15) is 0 Å². The van der Waals surface area contributed by atoms with Crippen LogP contribution in [0.5, 0.6) is 0 Å². The fourth-order valence-electron chi connectivity index (χ4n) is 4.47. The molecule has 1 aromatic heterocycles. The van der Waals surface area contributed by atoms with Crippen LogP contribution in [0.2, 0.25) is 0 Å². The van der Waals surface area contributed by atoms with Crippen LogP contribution in [0.4, 0.5) is 0 Å². The third kappa shape index (κ3) is 4.71. The zero-order valence-electron chi connectivity index (χ0n) is 16.3.